The Morgan fingerprint density at radius 2 is 1.80 bits per heavy atom. The number of aliphatic imine (C=N–C) groups is 1. The van der Waals surface area contributed by atoms with Gasteiger partial charge in [0.15, 0.2) is 0 Å². The fourth-order valence-electron chi connectivity index (χ4n) is 3.29. The molecular weight excluding hydrogens is 320 g/mol. The summed E-state index contributed by atoms with van der Waals surface area (Å²) in [5.41, 5.74) is 0.0108. The lowest BCUT2D eigenvalue weighted by Crippen LogP contribution is -2.24. The number of epoxide rings is 1. The van der Waals surface area contributed by atoms with Gasteiger partial charge in [-0.2, -0.15) is 0 Å². The van der Waals surface area contributed by atoms with E-state index in [9.17, 15) is 10.1 Å². The highest BCUT2D eigenvalue weighted by Gasteiger charge is 2.67. The minimum Gasteiger partial charge on any atom is -0.476 e. The quantitative estimate of drug-likeness (QED) is 0.483. The predicted molar refractivity (Wildman–Crippen MR) is 92.5 cm³/mol. The van der Waals surface area contributed by atoms with E-state index in [1.807, 2.05) is 44.2 Å². The highest BCUT2D eigenvalue weighted by atomic mass is 16.6. The molecule has 128 valence electrons. The van der Waals surface area contributed by atoms with Crippen molar-refractivity contribution in [2.75, 3.05) is 6.61 Å². The van der Waals surface area contributed by atoms with Crippen molar-refractivity contribution in [3.63, 3.8) is 0 Å². The summed E-state index contributed by atoms with van der Waals surface area (Å²) in [6, 6.07) is 16.3. The molecule has 0 N–H and O–H groups in total. The molecule has 2 heterocycles. The Balaban J connectivity index is 1.87. The van der Waals surface area contributed by atoms with Crippen LogP contribution in [0.5, 0.6) is 0 Å². The molecule has 0 amide bonds. The zero-order valence-electron chi connectivity index (χ0n) is 14.0. The van der Waals surface area contributed by atoms with Gasteiger partial charge in [-0.25, -0.2) is 4.99 Å². The van der Waals surface area contributed by atoms with E-state index < -0.39 is 5.60 Å². The number of nitro benzene ring substituents is 1. The van der Waals surface area contributed by atoms with Crippen LogP contribution >= 0.6 is 0 Å². The van der Waals surface area contributed by atoms with Crippen LogP contribution in [0.1, 0.15) is 31.1 Å². The summed E-state index contributed by atoms with van der Waals surface area (Å²) < 4.78 is 11.9. The number of nitrogens with zero attached hydrogens (tertiary/aromatic N) is 2. The van der Waals surface area contributed by atoms with Crippen LogP contribution in [-0.4, -0.2) is 23.0 Å². The SMILES string of the molecule is CC1(C)COC([C@@]2(c3ccccc3[N+](=O)[O-])O[C@@H]2c2ccccc2)=N1. The van der Waals surface area contributed by atoms with E-state index in [-0.39, 0.29) is 22.3 Å². The molecule has 2 aromatic rings. The monoisotopic (exact) mass is 338 g/mol. The molecule has 0 radical (unpaired) electrons. The first-order valence-corrected chi connectivity index (χ1v) is 8.14. The Bertz CT molecular complexity index is 863. The second-order valence-electron chi connectivity index (χ2n) is 6.94. The van der Waals surface area contributed by atoms with Gasteiger partial charge in [-0.1, -0.05) is 42.5 Å². The number of para-hydroxylation sites is 1. The normalized spacial score (nSPS) is 26.6. The third kappa shape index (κ3) is 2.49. The molecule has 2 aliphatic heterocycles. The molecule has 0 saturated carbocycles. The molecule has 2 atom stereocenters. The number of ether oxygens (including phenoxy) is 2. The Kier molecular flexibility index (Phi) is 3.40. The summed E-state index contributed by atoms with van der Waals surface area (Å²) in [5, 5.41) is 11.6. The van der Waals surface area contributed by atoms with Crippen LogP contribution in [0.2, 0.25) is 0 Å². The van der Waals surface area contributed by atoms with Crippen LogP contribution in [0.4, 0.5) is 5.69 Å². The lowest BCUT2D eigenvalue weighted by Gasteiger charge is -2.13. The van der Waals surface area contributed by atoms with Crippen LogP contribution in [0.25, 0.3) is 0 Å². The van der Waals surface area contributed by atoms with Crippen molar-refractivity contribution in [3.05, 3.63) is 75.8 Å². The number of hydrogen-bond acceptors (Lipinski definition) is 5. The molecule has 2 aliphatic rings. The number of benzene rings is 2. The summed E-state index contributed by atoms with van der Waals surface area (Å²) >= 11 is 0. The molecule has 1 fully saturated rings. The van der Waals surface area contributed by atoms with Crippen molar-refractivity contribution < 1.29 is 14.4 Å². The summed E-state index contributed by atoms with van der Waals surface area (Å²) in [4.78, 5) is 15.8. The average molecular weight is 338 g/mol. The van der Waals surface area contributed by atoms with E-state index in [1.54, 1.807) is 18.2 Å². The lowest BCUT2D eigenvalue weighted by atomic mass is 9.90. The van der Waals surface area contributed by atoms with E-state index in [2.05, 4.69) is 4.99 Å². The van der Waals surface area contributed by atoms with E-state index in [0.717, 1.165) is 5.56 Å². The second-order valence-corrected chi connectivity index (χ2v) is 6.94. The average Bonchev–Trinajstić information content (AvgIpc) is 3.26. The van der Waals surface area contributed by atoms with Crippen LogP contribution in [-0.2, 0) is 15.1 Å². The van der Waals surface area contributed by atoms with Gasteiger partial charge in [-0.05, 0) is 25.5 Å². The lowest BCUT2D eigenvalue weighted by molar-refractivity contribution is -0.385. The zero-order chi connectivity index (χ0) is 17.7. The van der Waals surface area contributed by atoms with Gasteiger partial charge in [0.2, 0.25) is 11.5 Å². The van der Waals surface area contributed by atoms with Gasteiger partial charge in [0, 0.05) is 6.07 Å². The summed E-state index contributed by atoms with van der Waals surface area (Å²) in [6.45, 7) is 4.36. The minimum atomic E-state index is -1.04. The van der Waals surface area contributed by atoms with Gasteiger partial charge in [-0.3, -0.25) is 10.1 Å². The number of nitro groups is 1. The second kappa shape index (κ2) is 5.39. The molecule has 0 aromatic heterocycles. The molecule has 2 aromatic carbocycles. The van der Waals surface area contributed by atoms with Crippen molar-refractivity contribution in [3.8, 4) is 0 Å². The van der Waals surface area contributed by atoms with Crippen LogP contribution in [0.15, 0.2) is 59.6 Å². The van der Waals surface area contributed by atoms with Crippen molar-refractivity contribution in [2.45, 2.75) is 31.1 Å². The largest absolute Gasteiger partial charge is 0.476 e. The maximum Gasteiger partial charge on any atom is 0.276 e. The molecule has 0 bridgehead atoms. The Hall–Kier alpha value is -2.73. The van der Waals surface area contributed by atoms with E-state index in [0.29, 0.717) is 18.1 Å². The fraction of sp³-hybridized carbons (Fsp3) is 0.316. The zero-order valence-corrected chi connectivity index (χ0v) is 14.0. The minimum absolute atomic E-state index is 0.0111. The van der Waals surface area contributed by atoms with E-state index in [4.69, 9.17) is 9.47 Å². The molecule has 4 rings (SSSR count). The molecule has 1 saturated heterocycles. The molecule has 0 spiro atoms. The van der Waals surface area contributed by atoms with Gasteiger partial charge < -0.3 is 9.47 Å². The maximum absolute atomic E-state index is 11.6. The smallest absolute Gasteiger partial charge is 0.276 e. The van der Waals surface area contributed by atoms with Gasteiger partial charge in [0.25, 0.3) is 5.69 Å². The van der Waals surface area contributed by atoms with Crippen LogP contribution in [0, 0.1) is 10.1 Å². The highest BCUT2D eigenvalue weighted by molar-refractivity contribution is 5.93. The Labute approximate surface area is 145 Å². The van der Waals surface area contributed by atoms with Crippen LogP contribution in [0.3, 0.4) is 0 Å². The van der Waals surface area contributed by atoms with Gasteiger partial charge in [0.05, 0.1) is 16.0 Å². The number of hydrogen-bond donors (Lipinski definition) is 0. The molecule has 0 unspecified atom stereocenters. The standard InChI is InChI=1S/C19H18N2O4/c1-18(2)12-24-17(20-18)19(14-10-6-7-11-15(14)21(22)23)16(25-19)13-8-4-3-5-9-13/h3-11,16H,12H2,1-2H3/t16-,19+/m1/s1. The molecule has 25 heavy (non-hydrogen) atoms. The first-order chi connectivity index (χ1) is 11.9. The Morgan fingerprint density at radius 1 is 1.12 bits per heavy atom. The van der Waals surface area contributed by atoms with Crippen molar-refractivity contribution in [2.24, 2.45) is 4.99 Å². The van der Waals surface area contributed by atoms with Crippen LogP contribution < -0.4 is 0 Å². The fourth-order valence-corrected chi connectivity index (χ4v) is 3.29. The first-order valence-electron chi connectivity index (χ1n) is 8.14. The van der Waals surface area contributed by atoms with Gasteiger partial charge >= 0.3 is 0 Å². The molecule has 0 aliphatic carbocycles. The van der Waals surface area contributed by atoms with Crippen molar-refractivity contribution in [1.82, 2.24) is 0 Å². The van der Waals surface area contributed by atoms with E-state index >= 15 is 0 Å². The predicted octanol–water partition coefficient (Wildman–Crippen LogP) is 3.77. The topological polar surface area (TPSA) is 77.3 Å². The molecule has 6 heteroatoms. The maximum atomic E-state index is 11.6. The third-order valence-corrected chi connectivity index (χ3v) is 4.50. The third-order valence-electron chi connectivity index (χ3n) is 4.50. The van der Waals surface area contributed by atoms with E-state index in [1.165, 1.54) is 6.07 Å². The summed E-state index contributed by atoms with van der Waals surface area (Å²) in [6.07, 6.45) is -0.359. The Morgan fingerprint density at radius 3 is 2.44 bits per heavy atom. The molecule has 6 nitrogen and oxygen atoms in total. The highest BCUT2D eigenvalue weighted by Crippen LogP contribution is 2.60. The number of rotatable bonds is 4. The van der Waals surface area contributed by atoms with Gasteiger partial charge in [0.1, 0.15) is 12.7 Å². The summed E-state index contributed by atoms with van der Waals surface area (Å²) in [5.74, 6) is 0.417. The van der Waals surface area contributed by atoms with Gasteiger partial charge in [-0.15, -0.1) is 0 Å². The first kappa shape index (κ1) is 15.8. The van der Waals surface area contributed by atoms with Crippen molar-refractivity contribution in [1.29, 1.82) is 0 Å². The molecular formula is C19H18N2O4. The summed E-state index contributed by atoms with van der Waals surface area (Å²) in [7, 11) is 0. The van der Waals surface area contributed by atoms with Crippen molar-refractivity contribution >= 4 is 11.6 Å².